The molecule has 3 rings (SSSR count). The van der Waals surface area contributed by atoms with E-state index < -0.39 is 17.9 Å². The molecule has 0 saturated carbocycles. The highest BCUT2D eigenvalue weighted by molar-refractivity contribution is 5.80. The fraction of sp³-hybridized carbons (Fsp3) is 0.125. The van der Waals surface area contributed by atoms with Gasteiger partial charge in [-0.25, -0.2) is 14.6 Å². The van der Waals surface area contributed by atoms with Crippen LogP contribution in [0.25, 0.3) is 0 Å². The van der Waals surface area contributed by atoms with Crippen LogP contribution in [0.5, 0.6) is 11.8 Å². The van der Waals surface area contributed by atoms with Gasteiger partial charge in [0.15, 0.2) is 5.69 Å². The molecule has 2 N–H and O–H groups in total. The minimum Gasteiger partial charge on any atom is -0.424 e. The van der Waals surface area contributed by atoms with Gasteiger partial charge in [0.25, 0.3) is 0 Å². The van der Waals surface area contributed by atoms with Crippen molar-refractivity contribution in [2.24, 2.45) is 5.10 Å². The second kappa shape index (κ2) is 6.82. The quantitative estimate of drug-likeness (QED) is 0.720. The third kappa shape index (κ3) is 4.15. The number of nitrogens with zero attached hydrogens (tertiary/aromatic N) is 5. The first kappa shape index (κ1) is 17.4. The topological polar surface area (TPSA) is 91.2 Å². The SMILES string of the molecule is Cc1cn(N=Cc2cccc(Oc3nccc(C(F)(F)F)n3)c2)c(N)n1. The molecule has 0 atom stereocenters. The number of rotatable bonds is 4. The molecule has 10 heteroatoms. The minimum atomic E-state index is -4.57. The first-order valence-electron chi connectivity index (χ1n) is 7.35. The highest BCUT2D eigenvalue weighted by Crippen LogP contribution is 2.28. The lowest BCUT2D eigenvalue weighted by molar-refractivity contribution is -0.141. The Labute approximate surface area is 146 Å². The zero-order valence-corrected chi connectivity index (χ0v) is 13.5. The second-order valence-electron chi connectivity index (χ2n) is 5.23. The maximum atomic E-state index is 12.7. The molecule has 7 nitrogen and oxygen atoms in total. The number of aromatic nitrogens is 4. The molecule has 3 aromatic rings. The second-order valence-corrected chi connectivity index (χ2v) is 5.23. The van der Waals surface area contributed by atoms with E-state index in [-0.39, 0.29) is 11.7 Å². The molecule has 1 aromatic carbocycles. The van der Waals surface area contributed by atoms with E-state index in [9.17, 15) is 13.2 Å². The number of anilines is 1. The third-order valence-corrected chi connectivity index (χ3v) is 3.16. The first-order chi connectivity index (χ1) is 12.3. The Bertz CT molecular complexity index is 951. The maximum absolute atomic E-state index is 12.7. The van der Waals surface area contributed by atoms with E-state index >= 15 is 0 Å². The van der Waals surface area contributed by atoms with Crippen LogP contribution in [0.1, 0.15) is 17.0 Å². The zero-order valence-electron chi connectivity index (χ0n) is 13.5. The van der Waals surface area contributed by atoms with Crippen LogP contribution in [0.4, 0.5) is 19.1 Å². The predicted molar refractivity (Wildman–Crippen MR) is 87.9 cm³/mol. The van der Waals surface area contributed by atoms with Crippen molar-refractivity contribution in [2.45, 2.75) is 13.1 Å². The molecule has 2 aromatic heterocycles. The Morgan fingerprint density at radius 3 is 2.73 bits per heavy atom. The summed E-state index contributed by atoms with van der Waals surface area (Å²) in [6.07, 6.45) is -0.418. The van der Waals surface area contributed by atoms with Crippen molar-refractivity contribution in [1.82, 2.24) is 19.6 Å². The summed E-state index contributed by atoms with van der Waals surface area (Å²) in [5.41, 5.74) is 5.97. The number of hydrogen-bond donors (Lipinski definition) is 1. The number of nitrogen functional groups attached to an aromatic ring is 1. The molecule has 134 valence electrons. The average molecular weight is 362 g/mol. The molecule has 0 saturated heterocycles. The molecule has 0 unspecified atom stereocenters. The highest BCUT2D eigenvalue weighted by atomic mass is 19.4. The molecule has 26 heavy (non-hydrogen) atoms. The molecule has 2 heterocycles. The van der Waals surface area contributed by atoms with Crippen molar-refractivity contribution in [2.75, 3.05) is 5.73 Å². The molecular weight excluding hydrogens is 349 g/mol. The number of hydrogen-bond acceptors (Lipinski definition) is 6. The summed E-state index contributed by atoms with van der Waals surface area (Å²) in [7, 11) is 0. The minimum absolute atomic E-state index is 0.239. The molecule has 0 amide bonds. The van der Waals surface area contributed by atoms with Gasteiger partial charge in [-0.05, 0) is 30.7 Å². The summed E-state index contributed by atoms with van der Waals surface area (Å²) in [5, 5.41) is 4.16. The van der Waals surface area contributed by atoms with Crippen molar-refractivity contribution < 1.29 is 17.9 Å². The van der Waals surface area contributed by atoms with Crippen molar-refractivity contribution in [3.05, 3.63) is 59.7 Å². The van der Waals surface area contributed by atoms with Crippen LogP contribution in [0.3, 0.4) is 0 Å². The van der Waals surface area contributed by atoms with Gasteiger partial charge in [0.2, 0.25) is 5.95 Å². The van der Waals surface area contributed by atoms with Crippen LogP contribution < -0.4 is 10.5 Å². The van der Waals surface area contributed by atoms with Gasteiger partial charge < -0.3 is 10.5 Å². The van der Waals surface area contributed by atoms with Gasteiger partial charge in [-0.1, -0.05) is 12.1 Å². The van der Waals surface area contributed by atoms with Crippen molar-refractivity contribution in [3.63, 3.8) is 0 Å². The third-order valence-electron chi connectivity index (χ3n) is 3.16. The van der Waals surface area contributed by atoms with Crippen LogP contribution in [0, 0.1) is 6.92 Å². The Morgan fingerprint density at radius 2 is 2.04 bits per heavy atom. The first-order valence-corrected chi connectivity index (χ1v) is 7.35. The standard InChI is InChI=1S/C16H13F3N6O/c1-10-9-25(14(20)23-10)22-8-11-3-2-4-12(7-11)26-15-21-6-5-13(24-15)16(17,18)19/h2-9H,1H3,(H2,20,23). The summed E-state index contributed by atoms with van der Waals surface area (Å²) in [4.78, 5) is 11.1. The Kier molecular flexibility index (Phi) is 4.57. The Hall–Kier alpha value is -3.43. The van der Waals surface area contributed by atoms with E-state index in [0.29, 0.717) is 5.56 Å². The number of benzene rings is 1. The van der Waals surface area contributed by atoms with E-state index in [2.05, 4.69) is 20.1 Å². The summed E-state index contributed by atoms with van der Waals surface area (Å²) in [6.45, 7) is 1.78. The molecule has 0 fully saturated rings. The molecule has 0 aliphatic heterocycles. The largest absolute Gasteiger partial charge is 0.433 e. The van der Waals surface area contributed by atoms with E-state index in [1.54, 1.807) is 37.4 Å². The summed E-state index contributed by atoms with van der Waals surface area (Å²) in [6, 6.07) is 6.91. The van der Waals surface area contributed by atoms with Gasteiger partial charge in [-0.2, -0.15) is 23.3 Å². The van der Waals surface area contributed by atoms with Gasteiger partial charge in [-0.3, -0.25) is 0 Å². The molecule has 0 radical (unpaired) electrons. The van der Waals surface area contributed by atoms with Crippen LogP contribution in [0.2, 0.25) is 0 Å². The highest BCUT2D eigenvalue weighted by Gasteiger charge is 2.33. The molecule has 0 bridgehead atoms. The zero-order chi connectivity index (χ0) is 18.7. The van der Waals surface area contributed by atoms with Crippen LogP contribution in [0.15, 0.2) is 47.8 Å². The molecule has 0 spiro atoms. The van der Waals surface area contributed by atoms with Gasteiger partial charge in [0.05, 0.1) is 18.1 Å². The molecule has 0 aliphatic carbocycles. The fourth-order valence-electron chi connectivity index (χ4n) is 2.04. The van der Waals surface area contributed by atoms with E-state index in [1.165, 1.54) is 10.9 Å². The number of nitrogens with two attached hydrogens (primary N) is 1. The number of alkyl halides is 3. The number of halogens is 3. The van der Waals surface area contributed by atoms with Crippen LogP contribution in [-0.2, 0) is 6.18 Å². The maximum Gasteiger partial charge on any atom is 0.433 e. The van der Waals surface area contributed by atoms with E-state index in [1.807, 2.05) is 0 Å². The number of aryl methyl sites for hydroxylation is 1. The van der Waals surface area contributed by atoms with Gasteiger partial charge in [0, 0.05) is 6.20 Å². The summed E-state index contributed by atoms with van der Waals surface area (Å²) >= 11 is 0. The van der Waals surface area contributed by atoms with Crippen molar-refractivity contribution in [3.8, 4) is 11.8 Å². The smallest absolute Gasteiger partial charge is 0.424 e. The fourth-order valence-corrected chi connectivity index (χ4v) is 2.04. The molecule has 0 aliphatic rings. The van der Waals surface area contributed by atoms with E-state index in [0.717, 1.165) is 18.0 Å². The van der Waals surface area contributed by atoms with Gasteiger partial charge in [-0.15, -0.1) is 0 Å². The lowest BCUT2D eigenvalue weighted by atomic mass is 10.2. The lowest BCUT2D eigenvalue weighted by Gasteiger charge is -2.08. The predicted octanol–water partition coefficient (Wildman–Crippen LogP) is 3.26. The number of imidazole rings is 1. The average Bonchev–Trinajstić information content (AvgIpc) is 2.90. The monoisotopic (exact) mass is 362 g/mol. The Balaban J connectivity index is 1.79. The van der Waals surface area contributed by atoms with Gasteiger partial charge >= 0.3 is 12.2 Å². The molecular formula is C16H13F3N6O. The summed E-state index contributed by atoms with van der Waals surface area (Å²) in [5.74, 6) is 0.506. The van der Waals surface area contributed by atoms with E-state index in [4.69, 9.17) is 10.5 Å². The van der Waals surface area contributed by atoms with Crippen molar-refractivity contribution >= 4 is 12.2 Å². The lowest BCUT2D eigenvalue weighted by Crippen LogP contribution is -2.08. The normalized spacial score (nSPS) is 11.8. The number of ether oxygens (including phenoxy) is 1. The van der Waals surface area contributed by atoms with Crippen molar-refractivity contribution in [1.29, 1.82) is 0 Å². The Morgan fingerprint density at radius 1 is 1.23 bits per heavy atom. The van der Waals surface area contributed by atoms with Crippen LogP contribution >= 0.6 is 0 Å². The summed E-state index contributed by atoms with van der Waals surface area (Å²) < 4.78 is 44.8. The van der Waals surface area contributed by atoms with Crippen LogP contribution in [-0.4, -0.2) is 25.8 Å². The van der Waals surface area contributed by atoms with Gasteiger partial charge in [0.1, 0.15) is 5.75 Å².